The van der Waals surface area contributed by atoms with Crippen LogP contribution in [0.15, 0.2) is 29.8 Å². The van der Waals surface area contributed by atoms with Crippen LogP contribution in [0.3, 0.4) is 0 Å². The third-order valence-electron chi connectivity index (χ3n) is 2.49. The van der Waals surface area contributed by atoms with E-state index in [1.54, 1.807) is 0 Å². The molecule has 0 unspecified atom stereocenters. The number of rotatable bonds is 3. The molecule has 0 spiro atoms. The van der Waals surface area contributed by atoms with Crippen LogP contribution in [0.5, 0.6) is 0 Å². The van der Waals surface area contributed by atoms with Gasteiger partial charge in [-0.25, -0.2) is 0 Å². The van der Waals surface area contributed by atoms with E-state index in [-0.39, 0.29) is 5.92 Å². The van der Waals surface area contributed by atoms with Gasteiger partial charge < -0.3 is 0 Å². The lowest BCUT2D eigenvalue weighted by Gasteiger charge is -2.09. The fourth-order valence-corrected chi connectivity index (χ4v) is 1.73. The number of benzene rings is 1. The van der Waals surface area contributed by atoms with Gasteiger partial charge in [0.1, 0.15) is 0 Å². The summed E-state index contributed by atoms with van der Waals surface area (Å²) in [7, 11) is 0. The summed E-state index contributed by atoms with van der Waals surface area (Å²) < 4.78 is 37.0. The van der Waals surface area contributed by atoms with Crippen molar-refractivity contribution in [3.05, 3.63) is 41.0 Å². The Labute approximate surface area is 104 Å². The predicted octanol–water partition coefficient (Wildman–Crippen LogP) is 4.98. The lowest BCUT2D eigenvalue weighted by molar-refractivity contribution is -0.137. The smallest absolute Gasteiger partial charge is 0.166 e. The molecule has 0 aliphatic heterocycles. The number of halogens is 4. The van der Waals surface area contributed by atoms with Crippen LogP contribution in [0.2, 0.25) is 0 Å². The first-order chi connectivity index (χ1) is 7.84. The fraction of sp³-hybridized carbons (Fsp3) is 0.385. The highest BCUT2D eigenvalue weighted by molar-refractivity contribution is 6.19. The third-order valence-corrected chi connectivity index (χ3v) is 2.79. The van der Waals surface area contributed by atoms with Crippen molar-refractivity contribution < 1.29 is 13.2 Å². The van der Waals surface area contributed by atoms with Crippen molar-refractivity contribution in [3.8, 4) is 0 Å². The second kappa shape index (κ2) is 5.58. The van der Waals surface area contributed by atoms with Crippen LogP contribution >= 0.6 is 11.6 Å². The van der Waals surface area contributed by atoms with Gasteiger partial charge in [0.05, 0.1) is 5.56 Å². The Morgan fingerprint density at radius 2 is 1.76 bits per heavy atom. The molecular weight excluding hydrogens is 249 g/mol. The summed E-state index contributed by atoms with van der Waals surface area (Å²) in [6.07, 6.45) is -2.45. The Hall–Kier alpha value is -0.960. The quantitative estimate of drug-likeness (QED) is 0.674. The van der Waals surface area contributed by atoms with Crippen LogP contribution in [0.4, 0.5) is 13.2 Å². The van der Waals surface area contributed by atoms with Gasteiger partial charge in [-0.3, -0.25) is 0 Å². The monoisotopic (exact) mass is 262 g/mol. The standard InChI is InChI=1S/C13H14ClF3/c1-9(2)11(8-14)7-10-3-5-12(6-4-10)13(15,16)17/h3-7,9H,8H2,1-2H3. The summed E-state index contributed by atoms with van der Waals surface area (Å²) >= 11 is 5.77. The average Bonchev–Trinajstić information content (AvgIpc) is 2.25. The van der Waals surface area contributed by atoms with E-state index in [1.165, 1.54) is 12.1 Å². The minimum Gasteiger partial charge on any atom is -0.166 e. The minimum absolute atomic E-state index is 0.287. The fourth-order valence-electron chi connectivity index (χ4n) is 1.34. The van der Waals surface area contributed by atoms with Gasteiger partial charge in [-0.15, -0.1) is 11.6 Å². The number of hydrogen-bond acceptors (Lipinski definition) is 0. The molecule has 94 valence electrons. The zero-order chi connectivity index (χ0) is 13.1. The van der Waals surface area contributed by atoms with Crippen molar-refractivity contribution in [2.75, 3.05) is 5.88 Å². The first kappa shape index (κ1) is 14.1. The lowest BCUT2D eigenvalue weighted by Crippen LogP contribution is -2.04. The van der Waals surface area contributed by atoms with Crippen molar-refractivity contribution in [2.24, 2.45) is 5.92 Å². The van der Waals surface area contributed by atoms with E-state index in [0.29, 0.717) is 5.88 Å². The maximum absolute atomic E-state index is 12.3. The maximum atomic E-state index is 12.3. The van der Waals surface area contributed by atoms with Crippen LogP contribution in [-0.4, -0.2) is 5.88 Å². The largest absolute Gasteiger partial charge is 0.416 e. The van der Waals surface area contributed by atoms with Gasteiger partial charge >= 0.3 is 6.18 Å². The van der Waals surface area contributed by atoms with Crippen molar-refractivity contribution in [1.82, 2.24) is 0 Å². The highest BCUT2D eigenvalue weighted by Gasteiger charge is 2.29. The van der Waals surface area contributed by atoms with Crippen molar-refractivity contribution in [3.63, 3.8) is 0 Å². The topological polar surface area (TPSA) is 0 Å². The number of allylic oxidation sites excluding steroid dienone is 1. The molecule has 0 fully saturated rings. The molecule has 0 saturated heterocycles. The van der Waals surface area contributed by atoms with E-state index in [9.17, 15) is 13.2 Å². The summed E-state index contributed by atoms with van der Waals surface area (Å²) in [5.74, 6) is 0.674. The SMILES string of the molecule is CC(C)C(=Cc1ccc(C(F)(F)F)cc1)CCl. The zero-order valence-electron chi connectivity index (χ0n) is 9.68. The second-order valence-corrected chi connectivity index (χ2v) is 4.39. The first-order valence-electron chi connectivity index (χ1n) is 5.28. The zero-order valence-corrected chi connectivity index (χ0v) is 10.4. The van der Waals surface area contributed by atoms with Crippen LogP contribution in [0.1, 0.15) is 25.0 Å². The van der Waals surface area contributed by atoms with Crippen LogP contribution in [-0.2, 0) is 6.18 Å². The average molecular weight is 263 g/mol. The molecule has 0 radical (unpaired) electrons. The molecule has 4 heteroatoms. The predicted molar refractivity (Wildman–Crippen MR) is 65.0 cm³/mol. The van der Waals surface area contributed by atoms with Crippen LogP contribution < -0.4 is 0 Å². The molecule has 17 heavy (non-hydrogen) atoms. The van der Waals surface area contributed by atoms with E-state index >= 15 is 0 Å². The molecule has 0 saturated carbocycles. The van der Waals surface area contributed by atoms with Crippen LogP contribution in [0.25, 0.3) is 6.08 Å². The van der Waals surface area contributed by atoms with Crippen molar-refractivity contribution in [1.29, 1.82) is 0 Å². The van der Waals surface area contributed by atoms with E-state index in [4.69, 9.17) is 11.6 Å². The molecule has 0 amide bonds. The van der Waals surface area contributed by atoms with Gasteiger partial charge in [-0.2, -0.15) is 13.2 Å². The molecule has 0 nitrogen and oxygen atoms in total. The molecule has 0 bridgehead atoms. The van der Waals surface area contributed by atoms with Gasteiger partial charge in [-0.05, 0) is 23.6 Å². The Morgan fingerprint density at radius 3 is 2.12 bits per heavy atom. The molecule has 0 aliphatic rings. The van der Waals surface area contributed by atoms with E-state index in [2.05, 4.69) is 0 Å². The molecule has 0 atom stereocenters. The summed E-state index contributed by atoms with van der Waals surface area (Å²) in [5, 5.41) is 0. The van der Waals surface area contributed by atoms with Gasteiger partial charge in [0, 0.05) is 5.88 Å². The lowest BCUT2D eigenvalue weighted by atomic mass is 10.0. The molecule has 1 aromatic carbocycles. The van der Waals surface area contributed by atoms with E-state index < -0.39 is 11.7 Å². The Morgan fingerprint density at radius 1 is 1.24 bits per heavy atom. The molecule has 0 N–H and O–H groups in total. The summed E-state index contributed by atoms with van der Waals surface area (Å²) in [6, 6.07) is 5.07. The van der Waals surface area contributed by atoms with Gasteiger partial charge in [0.15, 0.2) is 0 Å². The molecule has 0 aliphatic carbocycles. The first-order valence-corrected chi connectivity index (χ1v) is 5.81. The molecule has 0 aromatic heterocycles. The van der Waals surface area contributed by atoms with Gasteiger partial charge in [-0.1, -0.05) is 37.6 Å². The van der Waals surface area contributed by atoms with E-state index in [1.807, 2.05) is 19.9 Å². The molecular formula is C13H14ClF3. The molecule has 0 heterocycles. The number of alkyl halides is 4. The normalized spacial score (nSPS) is 13.2. The number of hydrogen-bond donors (Lipinski definition) is 0. The summed E-state index contributed by atoms with van der Waals surface area (Å²) in [4.78, 5) is 0. The second-order valence-electron chi connectivity index (χ2n) is 4.13. The Bertz CT molecular complexity index is 388. The minimum atomic E-state index is -4.28. The van der Waals surface area contributed by atoms with Crippen molar-refractivity contribution >= 4 is 17.7 Å². The highest BCUT2D eigenvalue weighted by Crippen LogP contribution is 2.29. The van der Waals surface area contributed by atoms with Crippen molar-refractivity contribution in [2.45, 2.75) is 20.0 Å². The molecule has 1 rings (SSSR count). The maximum Gasteiger partial charge on any atom is 0.416 e. The highest BCUT2D eigenvalue weighted by atomic mass is 35.5. The Balaban J connectivity index is 2.96. The van der Waals surface area contributed by atoms with Gasteiger partial charge in [0.25, 0.3) is 0 Å². The summed E-state index contributed by atoms with van der Waals surface area (Å²) in [5.41, 5.74) is 1.11. The molecule has 1 aromatic rings. The summed E-state index contributed by atoms with van der Waals surface area (Å²) in [6.45, 7) is 4.00. The van der Waals surface area contributed by atoms with Crippen LogP contribution in [0, 0.1) is 5.92 Å². The Kier molecular flexibility index (Phi) is 4.63. The van der Waals surface area contributed by atoms with E-state index in [0.717, 1.165) is 23.3 Å². The third kappa shape index (κ3) is 4.08. The van der Waals surface area contributed by atoms with Gasteiger partial charge in [0.2, 0.25) is 0 Å².